The molecule has 1 aliphatic carbocycles. The second-order valence-electron chi connectivity index (χ2n) is 6.07. The average Bonchev–Trinajstić information content (AvgIpc) is 3.05. The van der Waals surface area contributed by atoms with Gasteiger partial charge in [-0.1, -0.05) is 23.7 Å². The molecule has 0 spiro atoms. The van der Waals surface area contributed by atoms with E-state index in [1.165, 1.54) is 4.40 Å². The Bertz CT molecular complexity index is 1100. The lowest BCUT2D eigenvalue weighted by Gasteiger charge is -2.11. The lowest BCUT2D eigenvalue weighted by Crippen LogP contribution is -2.19. The van der Waals surface area contributed by atoms with E-state index in [9.17, 15) is 4.79 Å². The Morgan fingerprint density at radius 2 is 2.00 bits per heavy atom. The van der Waals surface area contributed by atoms with Gasteiger partial charge in [0.2, 0.25) is 0 Å². The fourth-order valence-electron chi connectivity index (χ4n) is 3.37. The molecule has 0 aliphatic heterocycles. The van der Waals surface area contributed by atoms with Crippen LogP contribution in [0.3, 0.4) is 0 Å². The lowest BCUT2D eigenvalue weighted by atomic mass is 10.1. The van der Waals surface area contributed by atoms with Crippen LogP contribution >= 0.6 is 11.6 Å². The van der Waals surface area contributed by atoms with Gasteiger partial charge >= 0.3 is 0 Å². The van der Waals surface area contributed by atoms with Crippen molar-refractivity contribution in [2.24, 2.45) is 0 Å². The number of para-hydroxylation sites is 1. The zero-order valence-corrected chi connectivity index (χ0v) is 15.2. The highest BCUT2D eigenvalue weighted by atomic mass is 35.5. The van der Waals surface area contributed by atoms with Gasteiger partial charge in [0, 0.05) is 17.3 Å². The van der Waals surface area contributed by atoms with Crippen molar-refractivity contribution in [2.45, 2.75) is 12.8 Å². The van der Waals surface area contributed by atoms with Crippen molar-refractivity contribution >= 4 is 28.9 Å². The van der Waals surface area contributed by atoms with Gasteiger partial charge in [-0.2, -0.15) is 0 Å². The topological polar surface area (TPSA) is 52.8 Å². The van der Waals surface area contributed by atoms with Gasteiger partial charge in [0.05, 0.1) is 24.9 Å². The highest BCUT2D eigenvalue weighted by Crippen LogP contribution is 2.36. The van der Waals surface area contributed by atoms with Gasteiger partial charge in [-0.3, -0.25) is 9.20 Å². The van der Waals surface area contributed by atoms with Crippen molar-refractivity contribution in [3.63, 3.8) is 0 Å². The summed E-state index contributed by atoms with van der Waals surface area (Å²) in [5.74, 6) is 1.33. The molecule has 0 radical (unpaired) electrons. The first-order chi connectivity index (χ1) is 12.6. The minimum atomic E-state index is -0.0616. The number of benzene rings is 1. The number of nitrogens with zero attached hydrogens (tertiary/aromatic N) is 2. The van der Waals surface area contributed by atoms with E-state index < -0.39 is 0 Å². The van der Waals surface area contributed by atoms with Crippen LogP contribution in [0.25, 0.3) is 17.3 Å². The number of aromatic nitrogens is 2. The van der Waals surface area contributed by atoms with Crippen molar-refractivity contribution < 1.29 is 9.47 Å². The van der Waals surface area contributed by atoms with Crippen LogP contribution in [0.5, 0.6) is 11.5 Å². The first-order valence-corrected chi connectivity index (χ1v) is 8.63. The Morgan fingerprint density at radius 1 is 1.15 bits per heavy atom. The van der Waals surface area contributed by atoms with Gasteiger partial charge in [-0.05, 0) is 42.7 Å². The molecule has 132 valence electrons. The van der Waals surface area contributed by atoms with Crippen LogP contribution in [-0.2, 0) is 6.42 Å². The molecule has 6 heteroatoms. The van der Waals surface area contributed by atoms with Gasteiger partial charge in [0.1, 0.15) is 5.65 Å². The summed E-state index contributed by atoms with van der Waals surface area (Å²) in [5.41, 5.74) is 3.91. The minimum absolute atomic E-state index is 0.0616. The lowest BCUT2D eigenvalue weighted by molar-refractivity contribution is 0.354. The molecule has 0 N–H and O–H groups in total. The number of fused-ring (bicyclic) bond motifs is 2. The number of hydrogen-bond donors (Lipinski definition) is 0. The van der Waals surface area contributed by atoms with E-state index in [0.717, 1.165) is 28.8 Å². The van der Waals surface area contributed by atoms with Gasteiger partial charge in [-0.15, -0.1) is 0 Å². The molecule has 5 nitrogen and oxygen atoms in total. The standard InChI is InChI=1S/C20H17ClN2O3/c1-25-16-5-3-4-13(19(16)26-2)10-12-6-8-15-18(12)22-17-9-7-14(21)11-23(17)20(15)24/h3-5,7,9-11H,6,8H2,1-2H3. The Kier molecular flexibility index (Phi) is 4.17. The summed E-state index contributed by atoms with van der Waals surface area (Å²) in [5, 5.41) is 0.510. The number of methoxy groups -OCH3 is 2. The molecule has 1 aromatic carbocycles. The molecule has 0 atom stereocenters. The highest BCUT2D eigenvalue weighted by molar-refractivity contribution is 6.30. The molecular weight excluding hydrogens is 352 g/mol. The summed E-state index contributed by atoms with van der Waals surface area (Å²) in [6.07, 6.45) is 5.04. The quantitative estimate of drug-likeness (QED) is 0.704. The van der Waals surface area contributed by atoms with E-state index in [1.807, 2.05) is 24.3 Å². The smallest absolute Gasteiger partial charge is 0.261 e. The van der Waals surface area contributed by atoms with E-state index in [0.29, 0.717) is 28.6 Å². The predicted octanol–water partition coefficient (Wildman–Crippen LogP) is 3.85. The third-order valence-corrected chi connectivity index (χ3v) is 4.82. The number of rotatable bonds is 3. The Hall–Kier alpha value is -2.79. The van der Waals surface area contributed by atoms with Crippen molar-refractivity contribution in [1.82, 2.24) is 9.38 Å². The molecule has 4 rings (SSSR count). The second kappa shape index (κ2) is 6.50. The molecule has 1 aliphatic rings. The van der Waals surface area contributed by atoms with Crippen LogP contribution in [-0.4, -0.2) is 23.6 Å². The van der Waals surface area contributed by atoms with Crippen LogP contribution in [0.1, 0.15) is 23.2 Å². The van der Waals surface area contributed by atoms with Gasteiger partial charge in [-0.25, -0.2) is 4.98 Å². The fraction of sp³-hybridized carbons (Fsp3) is 0.200. The minimum Gasteiger partial charge on any atom is -0.493 e. The molecule has 0 fully saturated rings. The predicted molar refractivity (Wildman–Crippen MR) is 102 cm³/mol. The SMILES string of the molecule is COc1cccc(C=C2CCc3c2nc2ccc(Cl)cn2c3=O)c1OC. The average molecular weight is 369 g/mol. The summed E-state index contributed by atoms with van der Waals surface area (Å²) in [6, 6.07) is 9.21. The zero-order chi connectivity index (χ0) is 18.3. The second-order valence-corrected chi connectivity index (χ2v) is 6.51. The Labute approximate surface area is 155 Å². The number of halogens is 1. The van der Waals surface area contributed by atoms with Crippen molar-refractivity contribution in [1.29, 1.82) is 0 Å². The molecule has 3 aromatic rings. The first kappa shape index (κ1) is 16.7. The van der Waals surface area contributed by atoms with Crippen LogP contribution in [0.2, 0.25) is 5.02 Å². The van der Waals surface area contributed by atoms with Crippen LogP contribution < -0.4 is 15.0 Å². The molecule has 0 amide bonds. The summed E-state index contributed by atoms with van der Waals surface area (Å²) < 4.78 is 12.4. The number of hydrogen-bond acceptors (Lipinski definition) is 4. The summed E-state index contributed by atoms with van der Waals surface area (Å²) >= 11 is 6.01. The number of pyridine rings is 1. The third-order valence-electron chi connectivity index (χ3n) is 4.59. The van der Waals surface area contributed by atoms with E-state index in [4.69, 9.17) is 26.1 Å². The molecular formula is C20H17ClN2O3. The van der Waals surface area contributed by atoms with Crippen LogP contribution in [0.4, 0.5) is 0 Å². The van der Waals surface area contributed by atoms with Crippen molar-refractivity contribution in [2.75, 3.05) is 14.2 Å². The van der Waals surface area contributed by atoms with Gasteiger partial charge < -0.3 is 9.47 Å². The number of ether oxygens (including phenoxy) is 2. The van der Waals surface area contributed by atoms with Gasteiger partial charge in [0.15, 0.2) is 11.5 Å². The van der Waals surface area contributed by atoms with Crippen molar-refractivity contribution in [3.8, 4) is 11.5 Å². The molecule has 0 saturated carbocycles. The maximum atomic E-state index is 12.8. The normalized spacial score (nSPS) is 14.7. The number of allylic oxidation sites excluding steroid dienone is 1. The van der Waals surface area contributed by atoms with E-state index in [2.05, 4.69) is 0 Å². The molecule has 2 heterocycles. The Morgan fingerprint density at radius 3 is 2.77 bits per heavy atom. The van der Waals surface area contributed by atoms with E-state index in [-0.39, 0.29) is 5.56 Å². The largest absolute Gasteiger partial charge is 0.493 e. The monoisotopic (exact) mass is 368 g/mol. The molecule has 0 bridgehead atoms. The molecule has 0 unspecified atom stereocenters. The van der Waals surface area contributed by atoms with E-state index in [1.54, 1.807) is 32.5 Å². The summed E-state index contributed by atoms with van der Waals surface area (Å²) in [7, 11) is 3.23. The molecule has 26 heavy (non-hydrogen) atoms. The van der Waals surface area contributed by atoms with Gasteiger partial charge in [0.25, 0.3) is 5.56 Å². The zero-order valence-electron chi connectivity index (χ0n) is 14.5. The van der Waals surface area contributed by atoms with Crippen LogP contribution in [0, 0.1) is 0 Å². The van der Waals surface area contributed by atoms with E-state index >= 15 is 0 Å². The van der Waals surface area contributed by atoms with Crippen LogP contribution in [0.15, 0.2) is 41.3 Å². The molecule has 0 saturated heterocycles. The maximum absolute atomic E-state index is 12.8. The summed E-state index contributed by atoms with van der Waals surface area (Å²) in [4.78, 5) is 17.5. The first-order valence-electron chi connectivity index (χ1n) is 8.25. The summed E-state index contributed by atoms with van der Waals surface area (Å²) in [6.45, 7) is 0. The third kappa shape index (κ3) is 2.65. The maximum Gasteiger partial charge on any atom is 0.261 e. The molecule has 2 aromatic heterocycles. The van der Waals surface area contributed by atoms with Crippen molar-refractivity contribution in [3.05, 3.63) is 68.7 Å². The highest BCUT2D eigenvalue weighted by Gasteiger charge is 2.23. The Balaban J connectivity index is 1.89. The fourth-order valence-corrected chi connectivity index (χ4v) is 3.53.